The number of rotatable bonds is 44. The van der Waals surface area contributed by atoms with Crippen LogP contribution in [0.5, 0.6) is 0 Å². The minimum atomic E-state index is -1.54. The zero-order valence-corrected chi connectivity index (χ0v) is 64.1. The summed E-state index contributed by atoms with van der Waals surface area (Å²) in [7, 11) is 0. The van der Waals surface area contributed by atoms with Crippen LogP contribution in [0.15, 0.2) is 79.3 Å². The number of hydrogen-bond donors (Lipinski definition) is 10. The number of ketones is 3. The molecule has 1 unspecified atom stereocenters. The fourth-order valence-electron chi connectivity index (χ4n) is 14.4. The van der Waals surface area contributed by atoms with Crippen LogP contribution in [0.3, 0.4) is 0 Å². The van der Waals surface area contributed by atoms with Gasteiger partial charge >= 0.3 is 35.8 Å². The lowest BCUT2D eigenvalue weighted by Crippen LogP contribution is -2.55. The van der Waals surface area contributed by atoms with E-state index >= 15 is 0 Å². The first kappa shape index (κ1) is 90.3. The number of ether oxygens (including phenoxy) is 2. The van der Waals surface area contributed by atoms with Gasteiger partial charge in [-0.05, 0) is 118 Å². The molecule has 2 aromatic carbocycles. The number of aliphatic hydroxyl groups excluding tert-OH is 2. The van der Waals surface area contributed by atoms with E-state index in [0.29, 0.717) is 90.9 Å². The Kier molecular flexibility index (Phi) is 37.6. The Balaban J connectivity index is 0.934. The van der Waals surface area contributed by atoms with Crippen LogP contribution in [0.2, 0.25) is 0 Å². The number of benzene rings is 2. The second kappa shape index (κ2) is 46.3. The Morgan fingerprint density at radius 2 is 1.16 bits per heavy atom. The molecule has 0 spiro atoms. The number of carboxylic acid groups (broad SMARTS) is 4. The number of Topliss-reactive ketones (excluding diaryl/α,β-unsaturated/α-hetero) is 3. The van der Waals surface area contributed by atoms with E-state index < -0.39 is 164 Å². The van der Waals surface area contributed by atoms with E-state index in [2.05, 4.69) is 32.8 Å². The predicted molar refractivity (Wildman–Crippen MR) is 404 cm³/mol. The first-order valence-electron chi connectivity index (χ1n) is 38.4. The van der Waals surface area contributed by atoms with Gasteiger partial charge in [0, 0.05) is 135 Å². The molecule has 0 bridgehead atoms. The zero-order chi connectivity index (χ0) is 81.3. The quantitative estimate of drug-likeness (QED) is 0.0165. The average molecular weight is 1550 g/mol. The largest absolute Gasteiger partial charge is 0.512 e. The molecule has 1 aromatic heterocycles. The third-order valence-corrected chi connectivity index (χ3v) is 20.5. The maximum absolute atomic E-state index is 14.1. The number of hydrogen-bond acceptors (Lipinski definition) is 23. The highest BCUT2D eigenvalue weighted by molar-refractivity contribution is 5.99. The Morgan fingerprint density at radius 3 is 1.74 bits per heavy atom. The molecule has 32 heteroatoms. The molecule has 1 aliphatic carbocycles. The molecule has 3 aliphatic rings. The third kappa shape index (κ3) is 31.9. The Hall–Kier alpha value is -9.63. The molecule has 10 N–H and O–H groups in total. The maximum atomic E-state index is 14.1. The van der Waals surface area contributed by atoms with Gasteiger partial charge in [0.25, 0.3) is 5.91 Å². The van der Waals surface area contributed by atoms with Crippen molar-refractivity contribution in [3.8, 4) is 0 Å². The van der Waals surface area contributed by atoms with Crippen LogP contribution in [0, 0.1) is 35.5 Å². The summed E-state index contributed by atoms with van der Waals surface area (Å²) >= 11 is 0. The van der Waals surface area contributed by atoms with Gasteiger partial charge in [-0.15, -0.1) is 0 Å². The van der Waals surface area contributed by atoms with Gasteiger partial charge in [0.15, 0.2) is 5.78 Å². The molecule has 1 saturated carbocycles. The van der Waals surface area contributed by atoms with Crippen molar-refractivity contribution in [2.45, 2.75) is 174 Å². The smallest absolute Gasteiger partial charge is 0.317 e. The fourth-order valence-corrected chi connectivity index (χ4v) is 14.4. The van der Waals surface area contributed by atoms with Gasteiger partial charge < -0.3 is 66.3 Å². The first-order chi connectivity index (χ1) is 52.8. The summed E-state index contributed by atoms with van der Waals surface area (Å²) in [5.74, 6) is -15.0. The average Bonchev–Trinajstić information content (AvgIpc) is 1.81. The van der Waals surface area contributed by atoms with Gasteiger partial charge in [0.2, 0.25) is 29.9 Å². The number of aliphatic hydroxyl groups is 2. The van der Waals surface area contributed by atoms with Crippen molar-refractivity contribution in [1.82, 2.24) is 50.8 Å². The summed E-state index contributed by atoms with van der Waals surface area (Å²) in [4.78, 5) is 196. The van der Waals surface area contributed by atoms with E-state index in [1.807, 2.05) is 52.3 Å². The monoisotopic (exact) mass is 1550 g/mol. The standard InChI is InChI=1S/C79H112N10O22/c1-50(2)39-62(44-68(94)66(49-90)84-75(103)67-14-10-30-89(67)76(104)52(4)82-72(100)58-25-28-80-29-26-58)79(109)111-53(5)110-71(99)24-22-61(78(107)108)43-64(93)42-60(77(105)106)13-8-9-27-81-74(102)65(41-55-17-19-56-11-6-7-12-59(56)40-55)83-73(101)57-20-15-54(16-21-57)18-23-63(92)46-86-33-37-87(47-69(95)96)35-31-85(45-51(3)91)32-36-88(38-34-86)48-70(97)98/h6-7,11-12,17,19,25-26,28-29,40,50,52-54,57,60-62,65-67,90-91H,3,8-10,13-16,18,20-24,27,30-39,41-49H2,1-2,4-5H3,(H,81,102)(H,82,100)(H,83,101)(H,84,103)(H,95,96)(H,97,98)(H,105,106)(H,107,108)/t52-,53?,54?,57?,60-,61-,62-,65+,66+,67+/m1/s1. The third-order valence-electron chi connectivity index (χ3n) is 20.5. The number of nitrogens with zero attached hydrogens (tertiary/aromatic N) is 6. The molecule has 0 radical (unpaired) electrons. The maximum Gasteiger partial charge on any atom is 0.317 e. The number of carbonyl (C=O) groups is 14. The minimum Gasteiger partial charge on any atom is -0.512 e. The molecule has 3 aromatic rings. The number of amides is 5. The summed E-state index contributed by atoms with van der Waals surface area (Å²) in [6, 6.07) is 11.9. The molecule has 2 aliphatic heterocycles. The molecule has 610 valence electrons. The molecule has 8 atom stereocenters. The molecule has 32 nitrogen and oxygen atoms in total. The summed E-state index contributed by atoms with van der Waals surface area (Å²) < 4.78 is 10.7. The molecule has 3 fully saturated rings. The van der Waals surface area contributed by atoms with Crippen LogP contribution in [0.1, 0.15) is 153 Å². The lowest BCUT2D eigenvalue weighted by molar-refractivity contribution is -0.188. The predicted octanol–water partition coefficient (Wildman–Crippen LogP) is 4.04. The molecule has 6 rings (SSSR count). The van der Waals surface area contributed by atoms with Gasteiger partial charge in [-0.2, -0.15) is 0 Å². The van der Waals surface area contributed by atoms with Crippen molar-refractivity contribution in [2.24, 2.45) is 35.5 Å². The van der Waals surface area contributed by atoms with E-state index in [0.717, 1.165) is 16.3 Å². The number of fused-ring (bicyclic) bond motifs is 1. The molecule has 111 heavy (non-hydrogen) atoms. The number of aliphatic carboxylic acids is 4. The fraction of sp³-hybridized carbons (Fsp3) is 0.608. The SMILES string of the molecule is C=C(O)CN1CCN(CC(=O)O)CCN(CC(=O)CCC2CCC(C(=O)N[C@@H](Cc3ccc4ccccc4c3)C(=O)NCCCC[C@H](CC(=O)C[C@@H](CCC(=O)OC(C)OC(=O)[C@@H](CC(=O)[C@H](CO)NC(=O)[C@@H]3CCCN3C(=O)[C@@H](C)NC(=O)c3ccncc3)CC(C)C)C(=O)O)C(=O)O)CC2)CCN(CC(=O)O)CC1. The highest BCUT2D eigenvalue weighted by atomic mass is 16.7. The van der Waals surface area contributed by atoms with Crippen molar-refractivity contribution in [3.05, 3.63) is 90.5 Å². The highest BCUT2D eigenvalue weighted by Crippen LogP contribution is 2.33. The second-order valence-electron chi connectivity index (χ2n) is 29.9. The lowest BCUT2D eigenvalue weighted by atomic mass is 9.79. The molecule has 2 saturated heterocycles. The normalized spacial score (nSPS) is 18.9. The van der Waals surface area contributed by atoms with Crippen molar-refractivity contribution in [2.75, 3.05) is 98.2 Å². The van der Waals surface area contributed by atoms with Crippen molar-refractivity contribution in [3.63, 3.8) is 0 Å². The van der Waals surface area contributed by atoms with Crippen LogP contribution in [0.25, 0.3) is 10.8 Å². The molecule has 5 amide bonds. The van der Waals surface area contributed by atoms with Gasteiger partial charge in [0.05, 0.1) is 56.3 Å². The Morgan fingerprint density at radius 1 is 0.586 bits per heavy atom. The van der Waals surface area contributed by atoms with Crippen LogP contribution < -0.4 is 21.3 Å². The molecule has 3 heterocycles. The summed E-state index contributed by atoms with van der Waals surface area (Å²) in [5.41, 5.74) is 1.07. The van der Waals surface area contributed by atoms with E-state index in [1.54, 1.807) is 23.6 Å². The van der Waals surface area contributed by atoms with Crippen LogP contribution in [-0.4, -0.2) is 272 Å². The lowest BCUT2D eigenvalue weighted by Gasteiger charge is -2.33. The first-order valence-corrected chi connectivity index (χ1v) is 38.4. The molecular weight excluding hydrogens is 1440 g/mol. The Labute approximate surface area is 646 Å². The number of carboxylic acids is 4. The van der Waals surface area contributed by atoms with Gasteiger partial charge in [0.1, 0.15) is 35.7 Å². The van der Waals surface area contributed by atoms with Crippen LogP contribution >= 0.6 is 0 Å². The summed E-state index contributed by atoms with van der Waals surface area (Å²) in [5, 5.41) is 72.6. The highest BCUT2D eigenvalue weighted by Gasteiger charge is 2.40. The number of esters is 2. The second-order valence-corrected chi connectivity index (χ2v) is 29.9. The van der Waals surface area contributed by atoms with Crippen LogP contribution in [-0.2, 0) is 78.2 Å². The molecular formula is C79H112N10O22. The van der Waals surface area contributed by atoms with E-state index in [-0.39, 0.29) is 119 Å². The van der Waals surface area contributed by atoms with E-state index in [9.17, 15) is 97.8 Å². The zero-order valence-electron chi connectivity index (χ0n) is 64.1. The number of aromatic nitrogens is 1. The number of nitrogens with one attached hydrogen (secondary N) is 4. The van der Waals surface area contributed by atoms with Gasteiger partial charge in [-0.25, -0.2) is 0 Å². The Bertz CT molecular complexity index is 3650. The number of pyridine rings is 1. The van der Waals surface area contributed by atoms with Crippen molar-refractivity contribution < 1.29 is 107 Å². The summed E-state index contributed by atoms with van der Waals surface area (Å²) in [6.45, 7) is 12.0. The number of unbranched alkanes of at least 4 members (excludes halogenated alkanes) is 1. The van der Waals surface area contributed by atoms with Gasteiger partial charge in [-0.1, -0.05) is 69.3 Å². The number of carbonyl (C=O) groups excluding carboxylic acids is 10. The van der Waals surface area contributed by atoms with Crippen LogP contribution in [0.4, 0.5) is 0 Å². The summed E-state index contributed by atoms with van der Waals surface area (Å²) in [6.07, 6.45) is 3.38. The van der Waals surface area contributed by atoms with Gasteiger partial charge in [-0.3, -0.25) is 91.7 Å². The topological polar surface area (TPSA) is 456 Å². The van der Waals surface area contributed by atoms with E-state index in [1.165, 1.54) is 43.3 Å². The van der Waals surface area contributed by atoms with E-state index in [4.69, 9.17) is 9.47 Å². The van der Waals surface area contributed by atoms with Crippen molar-refractivity contribution >= 4 is 93.5 Å². The number of likely N-dealkylation sites (tertiary alicyclic amines) is 1. The minimum absolute atomic E-state index is 0.00939. The van der Waals surface area contributed by atoms with Crippen molar-refractivity contribution in [1.29, 1.82) is 0 Å².